The molecule has 9 rings (SSSR count). The molecule has 228 valence electrons. The van der Waals surface area contributed by atoms with Gasteiger partial charge in [0, 0.05) is 54.1 Å². The van der Waals surface area contributed by atoms with Crippen LogP contribution in [0.1, 0.15) is 11.1 Å². The van der Waals surface area contributed by atoms with E-state index in [9.17, 15) is 0 Å². The molecule has 0 aliphatic rings. The lowest BCUT2D eigenvalue weighted by atomic mass is 9.98. The first-order valence-electron chi connectivity index (χ1n) is 16.1. The summed E-state index contributed by atoms with van der Waals surface area (Å²) < 4.78 is 8.94. The van der Waals surface area contributed by atoms with E-state index < -0.39 is 0 Å². The molecule has 0 radical (unpaired) electrons. The van der Waals surface area contributed by atoms with Crippen LogP contribution in [0.3, 0.4) is 0 Å². The molecule has 0 bridgehead atoms. The number of nitrogens with one attached hydrogen (secondary N) is 1. The Morgan fingerprint density at radius 1 is 0.542 bits per heavy atom. The van der Waals surface area contributed by atoms with Crippen LogP contribution < -0.4 is 5.32 Å². The van der Waals surface area contributed by atoms with Crippen molar-refractivity contribution in [1.82, 2.24) is 0 Å². The lowest BCUT2D eigenvalue weighted by Gasteiger charge is -2.13. The van der Waals surface area contributed by atoms with Crippen molar-refractivity contribution in [3.63, 3.8) is 0 Å². The maximum absolute atomic E-state index is 6.41. The number of hydrogen-bond acceptors (Lipinski definition) is 4. The zero-order valence-electron chi connectivity index (χ0n) is 26.1. The van der Waals surface area contributed by atoms with E-state index in [1.165, 1.54) is 42.4 Å². The summed E-state index contributed by atoms with van der Waals surface area (Å²) in [7, 11) is 0. The SMILES string of the molecule is C(=N\Cc1ccc2c(c1)oc1cccc(-c3ccc4c(c3)sc3cccc(Nc5ccccc5-c5ccccc5)c34)c12)/c1ccccc1. The fourth-order valence-electron chi connectivity index (χ4n) is 6.71. The highest BCUT2D eigenvalue weighted by molar-refractivity contribution is 7.26. The first-order valence-corrected chi connectivity index (χ1v) is 17.0. The predicted octanol–water partition coefficient (Wildman–Crippen LogP) is 12.7. The van der Waals surface area contributed by atoms with Gasteiger partial charge >= 0.3 is 0 Å². The van der Waals surface area contributed by atoms with E-state index in [0.717, 1.165) is 44.4 Å². The summed E-state index contributed by atoms with van der Waals surface area (Å²) in [5, 5.41) is 8.56. The minimum atomic E-state index is 0.603. The van der Waals surface area contributed by atoms with Crippen molar-refractivity contribution in [3.05, 3.63) is 169 Å². The largest absolute Gasteiger partial charge is 0.456 e. The molecule has 0 amide bonds. The summed E-state index contributed by atoms with van der Waals surface area (Å²) in [4.78, 5) is 4.66. The highest BCUT2D eigenvalue weighted by Gasteiger charge is 2.16. The van der Waals surface area contributed by atoms with E-state index in [1.807, 2.05) is 35.8 Å². The third-order valence-electron chi connectivity index (χ3n) is 8.96. The Morgan fingerprint density at radius 2 is 1.29 bits per heavy atom. The van der Waals surface area contributed by atoms with Gasteiger partial charge in [0.1, 0.15) is 11.2 Å². The van der Waals surface area contributed by atoms with Crippen LogP contribution >= 0.6 is 11.3 Å². The molecule has 9 aromatic rings. The first-order chi connectivity index (χ1) is 23.8. The summed E-state index contributed by atoms with van der Waals surface area (Å²) in [6.07, 6.45) is 1.92. The first kappa shape index (κ1) is 28.3. The number of rotatable bonds is 7. The Morgan fingerprint density at radius 3 is 2.19 bits per heavy atom. The van der Waals surface area contributed by atoms with Crippen molar-refractivity contribution in [2.24, 2.45) is 4.99 Å². The molecule has 4 heteroatoms. The zero-order valence-corrected chi connectivity index (χ0v) is 26.9. The van der Waals surface area contributed by atoms with Crippen LogP contribution in [0.5, 0.6) is 0 Å². The number of furan rings is 1. The van der Waals surface area contributed by atoms with Gasteiger partial charge in [-0.25, -0.2) is 0 Å². The molecule has 0 fully saturated rings. The van der Waals surface area contributed by atoms with Crippen LogP contribution in [-0.4, -0.2) is 6.21 Å². The van der Waals surface area contributed by atoms with Crippen molar-refractivity contribution >= 4 is 71.0 Å². The van der Waals surface area contributed by atoms with Gasteiger partial charge in [0.15, 0.2) is 0 Å². The number of benzene rings is 7. The maximum atomic E-state index is 6.41. The number of hydrogen-bond donors (Lipinski definition) is 1. The second kappa shape index (κ2) is 12.0. The van der Waals surface area contributed by atoms with E-state index >= 15 is 0 Å². The highest BCUT2D eigenvalue weighted by Crippen LogP contribution is 2.43. The Balaban J connectivity index is 1.08. The summed E-state index contributed by atoms with van der Waals surface area (Å²) >= 11 is 1.84. The van der Waals surface area contributed by atoms with E-state index in [0.29, 0.717) is 6.54 Å². The van der Waals surface area contributed by atoms with Crippen LogP contribution in [0.25, 0.3) is 64.4 Å². The topological polar surface area (TPSA) is 37.5 Å². The fraction of sp³-hybridized carbons (Fsp3) is 0.0227. The minimum Gasteiger partial charge on any atom is -0.456 e. The van der Waals surface area contributed by atoms with Gasteiger partial charge in [-0.2, -0.15) is 0 Å². The van der Waals surface area contributed by atoms with Crippen LogP contribution in [0.4, 0.5) is 11.4 Å². The Hall–Kier alpha value is -5.97. The monoisotopic (exact) mass is 634 g/mol. The molecule has 0 spiro atoms. The molecule has 0 aliphatic heterocycles. The molecule has 2 aromatic heterocycles. The summed E-state index contributed by atoms with van der Waals surface area (Å²) in [5.41, 5.74) is 11.0. The Labute approximate surface area is 282 Å². The minimum absolute atomic E-state index is 0.603. The van der Waals surface area contributed by atoms with E-state index in [1.54, 1.807) is 0 Å². The van der Waals surface area contributed by atoms with Gasteiger partial charge in [0.05, 0.1) is 6.54 Å². The van der Waals surface area contributed by atoms with Crippen molar-refractivity contribution in [3.8, 4) is 22.3 Å². The quantitative estimate of drug-likeness (QED) is 0.177. The van der Waals surface area contributed by atoms with Crippen molar-refractivity contribution in [2.75, 3.05) is 5.32 Å². The van der Waals surface area contributed by atoms with Gasteiger partial charge in [-0.1, -0.05) is 121 Å². The average Bonchev–Trinajstić information content (AvgIpc) is 3.71. The van der Waals surface area contributed by atoms with Crippen LogP contribution in [-0.2, 0) is 6.54 Å². The second-order valence-corrected chi connectivity index (χ2v) is 13.1. The van der Waals surface area contributed by atoms with Gasteiger partial charge in [-0.05, 0) is 64.2 Å². The fourth-order valence-corrected chi connectivity index (χ4v) is 7.88. The molecule has 7 aromatic carbocycles. The molecular weight excluding hydrogens is 605 g/mol. The molecule has 0 saturated carbocycles. The van der Waals surface area contributed by atoms with E-state index in [-0.39, 0.29) is 0 Å². The molecule has 1 N–H and O–H groups in total. The van der Waals surface area contributed by atoms with Crippen LogP contribution in [0.2, 0.25) is 0 Å². The van der Waals surface area contributed by atoms with Gasteiger partial charge in [0.25, 0.3) is 0 Å². The molecular formula is C44H30N2OS. The Kier molecular flexibility index (Phi) is 7.07. The average molecular weight is 635 g/mol. The number of fused-ring (bicyclic) bond motifs is 6. The molecule has 0 unspecified atom stereocenters. The standard InChI is InChI=1S/C44H30N2OS/c1-3-11-29(12-4-1)27-45-28-30-21-23-35-40(25-30)47-39-19-9-16-34(43(35)39)32-22-24-36-42(26-32)48-41-20-10-18-38(44(36)41)46-37-17-8-7-15-33(37)31-13-5-2-6-14-31/h1-27,46H,28H2/b45-27+. The normalized spacial score (nSPS) is 11.8. The zero-order chi connectivity index (χ0) is 31.9. The number of thiophene rings is 1. The summed E-state index contributed by atoms with van der Waals surface area (Å²) in [6.45, 7) is 0.603. The second-order valence-electron chi connectivity index (χ2n) is 12.0. The molecule has 2 heterocycles. The van der Waals surface area contributed by atoms with Gasteiger partial charge in [-0.3, -0.25) is 4.99 Å². The van der Waals surface area contributed by atoms with Crippen molar-refractivity contribution in [1.29, 1.82) is 0 Å². The van der Waals surface area contributed by atoms with E-state index in [2.05, 4.69) is 150 Å². The lowest BCUT2D eigenvalue weighted by molar-refractivity contribution is 0.668. The molecule has 3 nitrogen and oxygen atoms in total. The smallest absolute Gasteiger partial charge is 0.136 e. The molecule has 0 atom stereocenters. The third-order valence-corrected chi connectivity index (χ3v) is 10.1. The molecule has 48 heavy (non-hydrogen) atoms. The third kappa shape index (κ3) is 5.13. The van der Waals surface area contributed by atoms with Gasteiger partial charge in [-0.15, -0.1) is 11.3 Å². The van der Waals surface area contributed by atoms with Gasteiger partial charge < -0.3 is 9.73 Å². The molecule has 0 saturated heterocycles. The van der Waals surface area contributed by atoms with E-state index in [4.69, 9.17) is 4.42 Å². The number of nitrogens with zero attached hydrogens (tertiary/aromatic N) is 1. The predicted molar refractivity (Wildman–Crippen MR) is 205 cm³/mol. The summed E-state index contributed by atoms with van der Waals surface area (Å²) in [6, 6.07) is 55.5. The van der Waals surface area contributed by atoms with Crippen molar-refractivity contribution < 1.29 is 4.42 Å². The molecule has 0 aliphatic carbocycles. The summed E-state index contributed by atoms with van der Waals surface area (Å²) in [5.74, 6) is 0. The lowest BCUT2D eigenvalue weighted by Crippen LogP contribution is -1.93. The van der Waals surface area contributed by atoms with Gasteiger partial charge in [0.2, 0.25) is 0 Å². The number of aliphatic imine (C=N–C) groups is 1. The Bertz CT molecular complexity index is 2620. The van der Waals surface area contributed by atoms with Crippen molar-refractivity contribution in [2.45, 2.75) is 6.54 Å². The van der Waals surface area contributed by atoms with Crippen LogP contribution in [0, 0.1) is 0 Å². The highest BCUT2D eigenvalue weighted by atomic mass is 32.1. The maximum Gasteiger partial charge on any atom is 0.136 e. The van der Waals surface area contributed by atoms with Crippen LogP contribution in [0.15, 0.2) is 167 Å². The number of anilines is 2. The number of para-hydroxylation sites is 1.